The van der Waals surface area contributed by atoms with Gasteiger partial charge in [-0.3, -0.25) is 9.59 Å². The Morgan fingerprint density at radius 3 is 2.58 bits per heavy atom. The number of ether oxygens (including phenoxy) is 5. The molecule has 9 nitrogen and oxygen atoms in total. The van der Waals surface area contributed by atoms with Crippen LogP contribution in [0.2, 0.25) is 0 Å². The van der Waals surface area contributed by atoms with Crippen molar-refractivity contribution in [2.75, 3.05) is 25.9 Å². The fraction of sp³-hybridized carbons (Fsp3) is 0.500. The van der Waals surface area contributed by atoms with E-state index >= 15 is 0 Å². The molecule has 1 fully saturated rings. The van der Waals surface area contributed by atoms with Crippen molar-refractivity contribution in [2.45, 2.75) is 58.2 Å². The number of esters is 1. The number of nitrogens with zero attached hydrogens (tertiary/aromatic N) is 1. The van der Waals surface area contributed by atoms with Crippen LogP contribution >= 0.6 is 0 Å². The van der Waals surface area contributed by atoms with Crippen molar-refractivity contribution < 1.29 is 38.1 Å². The van der Waals surface area contributed by atoms with E-state index in [4.69, 9.17) is 31.5 Å². The van der Waals surface area contributed by atoms with Crippen molar-refractivity contribution in [3.05, 3.63) is 41.5 Å². The van der Waals surface area contributed by atoms with Crippen molar-refractivity contribution in [1.29, 1.82) is 0 Å². The second-order valence-corrected chi connectivity index (χ2v) is 9.32. The Morgan fingerprint density at radius 1 is 1.19 bits per heavy atom. The second kappa shape index (κ2) is 11.4. The molecular weight excluding hydrogens is 465 g/mol. The number of amides is 1. The third kappa shape index (κ3) is 6.43. The number of carbonyl (C=O) groups is 3. The molecule has 3 rings (SSSR count). The second-order valence-electron chi connectivity index (χ2n) is 9.32. The minimum absolute atomic E-state index is 0.131. The molecule has 2 heterocycles. The number of ketones is 1. The maximum atomic E-state index is 13.3. The summed E-state index contributed by atoms with van der Waals surface area (Å²) in [6.45, 7) is 6.97. The number of benzene rings is 1. The van der Waals surface area contributed by atoms with Crippen LogP contribution in [0.1, 0.15) is 50.0 Å². The molecule has 1 amide bonds. The number of fused-ring (bicyclic) bond motifs is 2. The third-order valence-corrected chi connectivity index (χ3v) is 6.10. The summed E-state index contributed by atoms with van der Waals surface area (Å²) in [4.78, 5) is 39.3. The molecule has 0 spiro atoms. The number of carbonyl (C=O) groups excluding carboxylic acids is 3. The molecule has 2 aliphatic heterocycles. The number of methoxy groups -OCH3 is 1. The maximum Gasteiger partial charge on any atom is 0.342 e. The highest BCUT2D eigenvalue weighted by atomic mass is 16.8. The predicted molar refractivity (Wildman–Crippen MR) is 134 cm³/mol. The molecule has 2 aliphatic rings. The molecule has 10 heteroatoms. The molecule has 0 aliphatic carbocycles. The van der Waals surface area contributed by atoms with Crippen LogP contribution in [0.15, 0.2) is 30.4 Å². The van der Waals surface area contributed by atoms with E-state index in [1.54, 1.807) is 45.1 Å². The molecule has 0 bridgehead atoms. The number of anilines is 1. The van der Waals surface area contributed by atoms with Gasteiger partial charge in [0.2, 0.25) is 7.85 Å². The predicted octanol–water partition coefficient (Wildman–Crippen LogP) is 3.64. The molecule has 2 radical (unpaired) electrons. The van der Waals surface area contributed by atoms with E-state index < -0.39 is 35.9 Å². The van der Waals surface area contributed by atoms with Crippen LogP contribution < -0.4 is 9.64 Å². The lowest BCUT2D eigenvalue weighted by molar-refractivity contribution is -0.152. The summed E-state index contributed by atoms with van der Waals surface area (Å²) in [5.74, 6) is -2.54. The van der Waals surface area contributed by atoms with Gasteiger partial charge in [0.05, 0.1) is 6.10 Å². The molecule has 1 saturated heterocycles. The van der Waals surface area contributed by atoms with Gasteiger partial charge in [-0.05, 0) is 44.9 Å². The van der Waals surface area contributed by atoms with Crippen LogP contribution in [0.25, 0.3) is 6.08 Å². The van der Waals surface area contributed by atoms with Gasteiger partial charge in [-0.1, -0.05) is 25.2 Å². The van der Waals surface area contributed by atoms with E-state index in [9.17, 15) is 14.4 Å². The van der Waals surface area contributed by atoms with Gasteiger partial charge in [-0.2, -0.15) is 0 Å². The van der Waals surface area contributed by atoms with E-state index in [1.165, 1.54) is 31.2 Å². The Labute approximate surface area is 212 Å². The van der Waals surface area contributed by atoms with Gasteiger partial charge < -0.3 is 28.6 Å². The molecule has 0 aromatic heterocycles. The van der Waals surface area contributed by atoms with Crippen molar-refractivity contribution in [1.82, 2.24) is 0 Å². The maximum absolute atomic E-state index is 13.3. The summed E-state index contributed by atoms with van der Waals surface area (Å²) in [7, 11) is 8.43. The Kier molecular flexibility index (Phi) is 8.76. The van der Waals surface area contributed by atoms with Crippen LogP contribution in [0.4, 0.5) is 10.5 Å². The van der Waals surface area contributed by atoms with Gasteiger partial charge in [0.25, 0.3) is 0 Å². The quantitative estimate of drug-likeness (QED) is 0.353. The summed E-state index contributed by atoms with van der Waals surface area (Å²) in [5, 5.41) is 0. The molecule has 1 aromatic carbocycles. The molecular formula is C26H32BNO8. The first kappa shape index (κ1) is 27.6. The monoisotopic (exact) mass is 497 g/mol. The van der Waals surface area contributed by atoms with Crippen LogP contribution in [-0.2, 0) is 23.7 Å². The van der Waals surface area contributed by atoms with E-state index in [0.717, 1.165) is 0 Å². The summed E-state index contributed by atoms with van der Waals surface area (Å²) >= 11 is 0. The molecule has 4 atom stereocenters. The standard InChI is InChI=1S/C26H32BNO8/c1-15-10-11-19(29)23-20(35-26(3,4)36-23)9-7-8-17-12-18(28(5)25(27)31)13-21(33-14-32-6)22(17)24(30)34-16(15)2/h7-8,10-13,15-16,20,23H,9,14H2,1-6H3/b8-7?,11-10-/t15-,16+,20?,23?/m1/s1. The Morgan fingerprint density at radius 2 is 1.92 bits per heavy atom. The lowest BCUT2D eigenvalue weighted by atomic mass is 9.99. The lowest BCUT2D eigenvalue weighted by Gasteiger charge is -2.23. The summed E-state index contributed by atoms with van der Waals surface area (Å²) < 4.78 is 28.3. The van der Waals surface area contributed by atoms with Crippen molar-refractivity contribution >= 4 is 37.2 Å². The van der Waals surface area contributed by atoms with Gasteiger partial charge >= 0.3 is 5.97 Å². The average Bonchev–Trinajstić information content (AvgIpc) is 3.13. The first-order valence-electron chi connectivity index (χ1n) is 11.7. The minimum atomic E-state index is -0.922. The van der Waals surface area contributed by atoms with Crippen LogP contribution in [-0.4, -0.2) is 70.5 Å². The first-order valence-corrected chi connectivity index (χ1v) is 11.7. The normalized spacial score (nSPS) is 26.8. The highest BCUT2D eigenvalue weighted by Gasteiger charge is 2.43. The number of cyclic esters (lactones) is 1. The van der Waals surface area contributed by atoms with Crippen molar-refractivity contribution in [3.63, 3.8) is 0 Å². The molecule has 1 aromatic rings. The molecule has 0 N–H and O–H groups in total. The largest absolute Gasteiger partial charge is 0.467 e. The van der Waals surface area contributed by atoms with Gasteiger partial charge in [-0.15, -0.1) is 0 Å². The van der Waals surface area contributed by atoms with Gasteiger partial charge in [0, 0.05) is 31.8 Å². The highest BCUT2D eigenvalue weighted by molar-refractivity contribution is 6.60. The van der Waals surface area contributed by atoms with Gasteiger partial charge in [0.1, 0.15) is 23.5 Å². The molecule has 2 unspecified atom stereocenters. The van der Waals surface area contributed by atoms with E-state index in [2.05, 4.69) is 0 Å². The Hall–Kier alpha value is -2.95. The van der Waals surface area contributed by atoms with Crippen LogP contribution in [0.3, 0.4) is 0 Å². The minimum Gasteiger partial charge on any atom is -0.467 e. The van der Waals surface area contributed by atoms with Crippen LogP contribution in [0, 0.1) is 5.92 Å². The number of hydrogen-bond acceptors (Lipinski definition) is 8. The molecule has 0 saturated carbocycles. The highest BCUT2D eigenvalue weighted by Crippen LogP contribution is 2.34. The van der Waals surface area contributed by atoms with E-state index in [0.29, 0.717) is 17.7 Å². The fourth-order valence-corrected chi connectivity index (χ4v) is 3.94. The Balaban J connectivity index is 2.13. The summed E-state index contributed by atoms with van der Waals surface area (Å²) in [5.41, 5.74) is 1.01. The fourth-order valence-electron chi connectivity index (χ4n) is 3.94. The third-order valence-electron chi connectivity index (χ3n) is 6.10. The topological polar surface area (TPSA) is 101 Å². The van der Waals surface area contributed by atoms with Gasteiger partial charge in [0.15, 0.2) is 24.2 Å². The summed E-state index contributed by atoms with van der Waals surface area (Å²) in [6.07, 6.45) is 5.09. The zero-order chi connectivity index (χ0) is 26.6. The lowest BCUT2D eigenvalue weighted by Crippen LogP contribution is -2.30. The van der Waals surface area contributed by atoms with Crippen molar-refractivity contribution in [3.8, 4) is 5.75 Å². The zero-order valence-electron chi connectivity index (χ0n) is 21.5. The summed E-state index contributed by atoms with van der Waals surface area (Å²) in [6, 6.07) is 3.16. The van der Waals surface area contributed by atoms with E-state index in [-0.39, 0.29) is 29.8 Å². The average molecular weight is 497 g/mol. The van der Waals surface area contributed by atoms with Crippen LogP contribution in [0.5, 0.6) is 5.75 Å². The first-order chi connectivity index (χ1) is 16.9. The zero-order valence-corrected chi connectivity index (χ0v) is 21.5. The molecule has 192 valence electrons. The number of hydrogen-bond donors (Lipinski definition) is 0. The van der Waals surface area contributed by atoms with Crippen molar-refractivity contribution in [2.24, 2.45) is 5.92 Å². The van der Waals surface area contributed by atoms with Gasteiger partial charge in [-0.25, -0.2) is 4.79 Å². The SMILES string of the molecule is [B]C(=O)N(C)c1cc2c(c(OCOC)c1)C(=O)O[C@@H](C)[C@H](C)/C=C\C(=O)C1OC(C)(C)OC1CC=C2. The Bertz CT molecular complexity index is 1070. The van der Waals surface area contributed by atoms with E-state index in [1.807, 2.05) is 6.92 Å². The number of rotatable bonds is 4. The molecule has 36 heavy (non-hydrogen) atoms. The smallest absolute Gasteiger partial charge is 0.342 e.